The molecule has 1 aromatic rings. The zero-order valence-corrected chi connectivity index (χ0v) is 13.5. The molecule has 1 aromatic heterocycles. The molecule has 0 aliphatic heterocycles. The Morgan fingerprint density at radius 2 is 1.95 bits per heavy atom. The van der Waals surface area contributed by atoms with E-state index in [0.717, 1.165) is 5.69 Å². The van der Waals surface area contributed by atoms with E-state index in [-0.39, 0.29) is 6.54 Å². The summed E-state index contributed by atoms with van der Waals surface area (Å²) in [4.78, 5) is 11.5. The fourth-order valence-electron chi connectivity index (χ4n) is 2.02. The molecule has 0 aliphatic carbocycles. The number of aromatic nitrogens is 2. The molecule has 2 atom stereocenters. The van der Waals surface area contributed by atoms with Crippen LogP contribution in [0.3, 0.4) is 0 Å². The number of carbonyl (C=O) groups excluding carboxylic acids is 1. The lowest BCUT2D eigenvalue weighted by atomic mass is 10.0. The number of nitrogens with zero attached hydrogens (tertiary/aromatic N) is 2. The lowest BCUT2D eigenvalue weighted by Gasteiger charge is -2.22. The van der Waals surface area contributed by atoms with Gasteiger partial charge in [-0.15, -0.1) is 0 Å². The maximum absolute atomic E-state index is 11.5. The Hall–Kier alpha value is -1.60. The summed E-state index contributed by atoms with van der Waals surface area (Å²) in [5, 5.41) is 26.9. The Labute approximate surface area is 124 Å². The van der Waals surface area contributed by atoms with Crippen molar-refractivity contribution in [2.24, 2.45) is 7.05 Å². The van der Waals surface area contributed by atoms with Gasteiger partial charge in [-0.3, -0.25) is 4.68 Å². The van der Waals surface area contributed by atoms with Crippen molar-refractivity contribution in [3.63, 3.8) is 0 Å². The molecular formula is C14H25N3O4. The standard InChI is InChI=1S/C14H25N3O4/c1-8-11(9(2)17(6)16-8)12(19)10(18)7-15-13(20)21-14(3,4)5/h10,12,18-19H,7H2,1-6H3,(H,15,20). The average molecular weight is 299 g/mol. The summed E-state index contributed by atoms with van der Waals surface area (Å²) >= 11 is 0. The number of hydrogen-bond donors (Lipinski definition) is 3. The highest BCUT2D eigenvalue weighted by atomic mass is 16.6. The largest absolute Gasteiger partial charge is 0.444 e. The number of carbonyl (C=O) groups is 1. The number of aliphatic hydroxyl groups is 2. The summed E-state index contributed by atoms with van der Waals surface area (Å²) in [7, 11) is 1.77. The van der Waals surface area contributed by atoms with Gasteiger partial charge in [-0.2, -0.15) is 5.10 Å². The molecular weight excluding hydrogens is 274 g/mol. The first-order valence-corrected chi connectivity index (χ1v) is 6.86. The number of aliphatic hydroxyl groups excluding tert-OH is 2. The number of alkyl carbamates (subject to hydrolysis) is 1. The van der Waals surface area contributed by atoms with Crippen molar-refractivity contribution >= 4 is 6.09 Å². The van der Waals surface area contributed by atoms with Crippen LogP contribution in [-0.2, 0) is 11.8 Å². The average Bonchev–Trinajstić information content (AvgIpc) is 2.57. The molecule has 3 N–H and O–H groups in total. The summed E-state index contributed by atoms with van der Waals surface area (Å²) in [6, 6.07) is 0. The van der Waals surface area contributed by atoms with Gasteiger partial charge in [0.2, 0.25) is 0 Å². The molecule has 7 nitrogen and oxygen atoms in total. The third kappa shape index (κ3) is 4.71. The molecule has 0 saturated heterocycles. The summed E-state index contributed by atoms with van der Waals surface area (Å²) in [5.74, 6) is 0. The second kappa shape index (κ2) is 6.44. The fourth-order valence-corrected chi connectivity index (χ4v) is 2.02. The molecule has 0 fully saturated rings. The summed E-state index contributed by atoms with van der Waals surface area (Å²) in [6.45, 7) is 8.72. The van der Waals surface area contributed by atoms with Gasteiger partial charge in [-0.1, -0.05) is 0 Å². The van der Waals surface area contributed by atoms with Crippen LogP contribution in [0.25, 0.3) is 0 Å². The van der Waals surface area contributed by atoms with Gasteiger partial charge >= 0.3 is 6.09 Å². The van der Waals surface area contributed by atoms with Gasteiger partial charge in [0, 0.05) is 24.8 Å². The number of ether oxygens (including phenoxy) is 1. The van der Waals surface area contributed by atoms with E-state index in [0.29, 0.717) is 11.3 Å². The SMILES string of the molecule is Cc1nn(C)c(C)c1C(O)C(O)CNC(=O)OC(C)(C)C. The van der Waals surface area contributed by atoms with E-state index >= 15 is 0 Å². The lowest BCUT2D eigenvalue weighted by Crippen LogP contribution is -2.39. The second-order valence-electron chi connectivity index (χ2n) is 6.10. The highest BCUT2D eigenvalue weighted by Crippen LogP contribution is 2.23. The molecule has 21 heavy (non-hydrogen) atoms. The van der Waals surface area contributed by atoms with Crippen LogP contribution in [0.5, 0.6) is 0 Å². The van der Waals surface area contributed by atoms with E-state index in [1.807, 2.05) is 6.92 Å². The van der Waals surface area contributed by atoms with Gasteiger partial charge in [0.1, 0.15) is 17.8 Å². The van der Waals surface area contributed by atoms with Crippen molar-refractivity contribution in [1.29, 1.82) is 0 Å². The summed E-state index contributed by atoms with van der Waals surface area (Å²) in [5.41, 5.74) is 1.40. The molecule has 1 amide bonds. The Balaban J connectivity index is 2.63. The predicted molar refractivity (Wildman–Crippen MR) is 77.9 cm³/mol. The van der Waals surface area contributed by atoms with E-state index in [9.17, 15) is 15.0 Å². The third-order valence-corrected chi connectivity index (χ3v) is 3.08. The molecule has 0 aromatic carbocycles. The predicted octanol–water partition coefficient (Wildman–Crippen LogP) is 0.956. The van der Waals surface area contributed by atoms with Crippen molar-refractivity contribution in [2.75, 3.05) is 6.54 Å². The molecule has 120 valence electrons. The maximum atomic E-state index is 11.5. The Kier molecular flexibility index (Phi) is 5.36. The van der Waals surface area contributed by atoms with Crippen LogP contribution in [0.2, 0.25) is 0 Å². The van der Waals surface area contributed by atoms with Crippen LogP contribution in [0.15, 0.2) is 0 Å². The maximum Gasteiger partial charge on any atom is 0.407 e. The smallest absolute Gasteiger partial charge is 0.407 e. The first kappa shape index (κ1) is 17.5. The van der Waals surface area contributed by atoms with Gasteiger partial charge in [0.15, 0.2) is 0 Å². The van der Waals surface area contributed by atoms with Gasteiger partial charge in [0.25, 0.3) is 0 Å². The number of hydrogen-bond acceptors (Lipinski definition) is 5. The summed E-state index contributed by atoms with van der Waals surface area (Å²) in [6.07, 6.45) is -2.89. The molecule has 0 spiro atoms. The van der Waals surface area contributed by atoms with E-state index in [1.54, 1.807) is 39.4 Å². The van der Waals surface area contributed by atoms with Gasteiger partial charge < -0.3 is 20.3 Å². The van der Waals surface area contributed by atoms with E-state index < -0.39 is 23.9 Å². The zero-order valence-electron chi connectivity index (χ0n) is 13.5. The minimum absolute atomic E-state index is 0.107. The van der Waals surface area contributed by atoms with Crippen molar-refractivity contribution < 1.29 is 19.7 Å². The van der Waals surface area contributed by atoms with Crippen molar-refractivity contribution in [3.8, 4) is 0 Å². The minimum Gasteiger partial charge on any atom is -0.444 e. The summed E-state index contributed by atoms with van der Waals surface area (Å²) < 4.78 is 6.71. The van der Waals surface area contributed by atoms with Crippen LogP contribution < -0.4 is 5.32 Å². The van der Waals surface area contributed by atoms with Crippen LogP contribution in [-0.4, -0.2) is 44.3 Å². The van der Waals surface area contributed by atoms with E-state index in [4.69, 9.17) is 4.74 Å². The molecule has 2 unspecified atom stereocenters. The topological polar surface area (TPSA) is 96.6 Å². The number of nitrogens with one attached hydrogen (secondary N) is 1. The fraction of sp³-hybridized carbons (Fsp3) is 0.714. The van der Waals surface area contributed by atoms with E-state index in [2.05, 4.69) is 10.4 Å². The Bertz CT molecular complexity index is 505. The number of rotatable bonds is 4. The van der Waals surface area contributed by atoms with Crippen molar-refractivity contribution in [3.05, 3.63) is 17.0 Å². The number of aryl methyl sites for hydroxylation is 2. The highest BCUT2D eigenvalue weighted by Gasteiger charge is 2.26. The van der Waals surface area contributed by atoms with Crippen LogP contribution in [0, 0.1) is 13.8 Å². The van der Waals surface area contributed by atoms with Crippen LogP contribution in [0.1, 0.15) is 43.8 Å². The minimum atomic E-state index is -1.14. The quantitative estimate of drug-likeness (QED) is 0.769. The second-order valence-corrected chi connectivity index (χ2v) is 6.10. The van der Waals surface area contributed by atoms with Crippen LogP contribution >= 0.6 is 0 Å². The van der Waals surface area contributed by atoms with Gasteiger partial charge in [-0.05, 0) is 34.6 Å². The molecule has 1 heterocycles. The molecule has 0 aliphatic rings. The van der Waals surface area contributed by atoms with Crippen LogP contribution in [0.4, 0.5) is 4.79 Å². The third-order valence-electron chi connectivity index (χ3n) is 3.08. The Morgan fingerprint density at radius 3 is 2.38 bits per heavy atom. The normalized spacial score (nSPS) is 14.7. The van der Waals surface area contributed by atoms with Gasteiger partial charge in [-0.25, -0.2) is 4.79 Å². The first-order valence-electron chi connectivity index (χ1n) is 6.86. The molecule has 0 radical (unpaired) electrons. The molecule has 1 rings (SSSR count). The molecule has 7 heteroatoms. The first-order chi connectivity index (χ1) is 9.53. The zero-order chi connectivity index (χ0) is 16.4. The molecule has 0 saturated carbocycles. The monoisotopic (exact) mass is 299 g/mol. The van der Waals surface area contributed by atoms with Gasteiger partial charge in [0.05, 0.1) is 5.69 Å². The lowest BCUT2D eigenvalue weighted by molar-refractivity contribution is 0.0123. The highest BCUT2D eigenvalue weighted by molar-refractivity contribution is 5.67. The molecule has 0 bridgehead atoms. The number of amides is 1. The van der Waals surface area contributed by atoms with E-state index in [1.165, 1.54) is 0 Å². The van der Waals surface area contributed by atoms with Crippen molar-refractivity contribution in [1.82, 2.24) is 15.1 Å². The van der Waals surface area contributed by atoms with Crippen molar-refractivity contribution in [2.45, 2.75) is 52.4 Å². The Morgan fingerprint density at radius 1 is 1.38 bits per heavy atom.